The Hall–Kier alpha value is -3.17. The molecule has 0 bridgehead atoms. The first-order valence-corrected chi connectivity index (χ1v) is 10.1. The SMILES string of the molecule is CCOc1cc(/C=C2\SC(=S)N(CC(=O)[O-])C2=O)ccc1OC(=O)c1ccccc1. The van der Waals surface area contributed by atoms with E-state index in [-0.39, 0.29) is 15.0 Å². The first-order valence-electron chi connectivity index (χ1n) is 8.88. The normalized spacial score (nSPS) is 14.8. The molecule has 1 aliphatic heterocycles. The zero-order valence-corrected chi connectivity index (χ0v) is 17.5. The van der Waals surface area contributed by atoms with E-state index in [0.29, 0.717) is 23.5 Å². The van der Waals surface area contributed by atoms with Crippen molar-refractivity contribution in [2.24, 2.45) is 0 Å². The van der Waals surface area contributed by atoms with Crippen molar-refractivity contribution in [2.45, 2.75) is 6.92 Å². The molecule has 1 heterocycles. The Kier molecular flexibility index (Phi) is 6.86. The van der Waals surface area contributed by atoms with Crippen molar-refractivity contribution in [3.8, 4) is 11.5 Å². The van der Waals surface area contributed by atoms with Crippen molar-refractivity contribution in [3.63, 3.8) is 0 Å². The molecule has 0 aromatic heterocycles. The standard InChI is InChI=1S/C21H17NO6S2/c1-2-27-16-10-13(11-17-19(25)22(12-18(23)24)21(29)30-17)8-9-15(16)28-20(26)14-6-4-3-5-7-14/h3-11H,2,12H2,1H3,(H,23,24)/p-1/b17-11-. The molecular weight excluding hydrogens is 426 g/mol. The lowest BCUT2D eigenvalue weighted by molar-refractivity contribution is -0.305. The molecule has 7 nitrogen and oxygen atoms in total. The molecule has 0 atom stereocenters. The van der Waals surface area contributed by atoms with Gasteiger partial charge in [0.2, 0.25) is 0 Å². The quantitative estimate of drug-likeness (QED) is 0.279. The molecule has 2 aromatic rings. The summed E-state index contributed by atoms with van der Waals surface area (Å²) in [6.45, 7) is 1.54. The highest BCUT2D eigenvalue weighted by molar-refractivity contribution is 8.26. The van der Waals surface area contributed by atoms with Crippen LogP contribution in [0.5, 0.6) is 11.5 Å². The number of carbonyl (C=O) groups excluding carboxylic acids is 3. The van der Waals surface area contributed by atoms with Gasteiger partial charge in [0.15, 0.2) is 11.5 Å². The second-order valence-electron chi connectivity index (χ2n) is 6.03. The number of thiocarbonyl (C=S) groups is 1. The Morgan fingerprint density at radius 3 is 2.57 bits per heavy atom. The summed E-state index contributed by atoms with van der Waals surface area (Å²) in [7, 11) is 0. The lowest BCUT2D eigenvalue weighted by Crippen LogP contribution is -2.40. The molecule has 2 aromatic carbocycles. The largest absolute Gasteiger partial charge is 0.548 e. The highest BCUT2D eigenvalue weighted by atomic mass is 32.2. The van der Waals surface area contributed by atoms with Crippen LogP contribution in [0.1, 0.15) is 22.8 Å². The van der Waals surface area contributed by atoms with Gasteiger partial charge in [-0.2, -0.15) is 0 Å². The molecular formula is C21H16NO6S2-. The molecule has 0 saturated carbocycles. The molecule has 0 spiro atoms. The average Bonchev–Trinajstić information content (AvgIpc) is 2.97. The van der Waals surface area contributed by atoms with Crippen LogP contribution in [0.15, 0.2) is 53.4 Å². The van der Waals surface area contributed by atoms with E-state index >= 15 is 0 Å². The first kappa shape index (κ1) is 21.5. The molecule has 1 fully saturated rings. The van der Waals surface area contributed by atoms with Gasteiger partial charge >= 0.3 is 5.97 Å². The number of benzene rings is 2. The minimum atomic E-state index is -1.39. The van der Waals surface area contributed by atoms with Crippen LogP contribution in [0.2, 0.25) is 0 Å². The Bertz CT molecular complexity index is 1040. The maximum absolute atomic E-state index is 12.4. The fourth-order valence-corrected chi connectivity index (χ4v) is 3.87. The molecule has 30 heavy (non-hydrogen) atoms. The number of esters is 1. The van der Waals surface area contributed by atoms with Gasteiger partial charge in [-0.25, -0.2) is 4.79 Å². The van der Waals surface area contributed by atoms with Crippen LogP contribution in [0, 0.1) is 0 Å². The third-order valence-corrected chi connectivity index (χ3v) is 5.32. The number of aliphatic carboxylic acids is 1. The fourth-order valence-electron chi connectivity index (χ4n) is 2.62. The molecule has 0 N–H and O–H groups in total. The van der Waals surface area contributed by atoms with Gasteiger partial charge in [-0.05, 0) is 42.8 Å². The predicted octanol–water partition coefficient (Wildman–Crippen LogP) is 2.26. The predicted molar refractivity (Wildman–Crippen MR) is 114 cm³/mol. The molecule has 1 saturated heterocycles. The lowest BCUT2D eigenvalue weighted by atomic mass is 10.1. The van der Waals surface area contributed by atoms with E-state index in [9.17, 15) is 19.5 Å². The van der Waals surface area contributed by atoms with E-state index in [4.69, 9.17) is 21.7 Å². The summed E-state index contributed by atoms with van der Waals surface area (Å²) in [4.78, 5) is 36.8. The highest BCUT2D eigenvalue weighted by Crippen LogP contribution is 2.35. The number of hydrogen-bond donors (Lipinski definition) is 0. The van der Waals surface area contributed by atoms with E-state index in [1.165, 1.54) is 0 Å². The zero-order chi connectivity index (χ0) is 21.7. The number of ether oxygens (including phenoxy) is 2. The number of carboxylic acid groups (broad SMARTS) is 1. The molecule has 1 aliphatic rings. The van der Waals surface area contributed by atoms with Crippen LogP contribution in [0.3, 0.4) is 0 Å². The average molecular weight is 442 g/mol. The first-order chi connectivity index (χ1) is 14.4. The second kappa shape index (κ2) is 9.55. The van der Waals surface area contributed by atoms with Crippen molar-refractivity contribution in [2.75, 3.05) is 13.2 Å². The van der Waals surface area contributed by atoms with Gasteiger partial charge in [-0.15, -0.1) is 0 Å². The number of hydrogen-bond acceptors (Lipinski definition) is 8. The number of thioether (sulfide) groups is 1. The number of rotatable bonds is 7. The van der Waals surface area contributed by atoms with Gasteiger partial charge in [0.1, 0.15) is 4.32 Å². The molecule has 154 valence electrons. The number of carboxylic acids is 1. The van der Waals surface area contributed by atoms with Crippen molar-refractivity contribution < 1.29 is 29.0 Å². The van der Waals surface area contributed by atoms with Gasteiger partial charge in [0, 0.05) is 0 Å². The third-order valence-electron chi connectivity index (χ3n) is 3.94. The van der Waals surface area contributed by atoms with Crippen molar-refractivity contribution in [1.29, 1.82) is 0 Å². The molecule has 1 amide bonds. The Labute approximate surface area is 182 Å². The van der Waals surface area contributed by atoms with E-state index in [1.54, 1.807) is 61.5 Å². The van der Waals surface area contributed by atoms with E-state index in [0.717, 1.165) is 16.7 Å². The molecule has 9 heteroatoms. The van der Waals surface area contributed by atoms with Crippen LogP contribution in [0.25, 0.3) is 6.08 Å². The van der Waals surface area contributed by atoms with Crippen molar-refractivity contribution >= 4 is 52.2 Å². The lowest BCUT2D eigenvalue weighted by Gasteiger charge is -2.14. The van der Waals surface area contributed by atoms with Crippen LogP contribution in [0.4, 0.5) is 0 Å². The van der Waals surface area contributed by atoms with Crippen molar-refractivity contribution in [1.82, 2.24) is 4.90 Å². The van der Waals surface area contributed by atoms with Gasteiger partial charge in [0.25, 0.3) is 5.91 Å². The van der Waals surface area contributed by atoms with Gasteiger partial charge in [-0.1, -0.05) is 48.2 Å². The smallest absolute Gasteiger partial charge is 0.343 e. The Balaban J connectivity index is 1.84. The zero-order valence-electron chi connectivity index (χ0n) is 15.8. The van der Waals surface area contributed by atoms with Crippen LogP contribution in [-0.2, 0) is 9.59 Å². The van der Waals surface area contributed by atoms with E-state index in [2.05, 4.69) is 0 Å². The maximum atomic E-state index is 12.4. The van der Waals surface area contributed by atoms with Gasteiger partial charge in [-0.3, -0.25) is 9.69 Å². The minimum Gasteiger partial charge on any atom is -0.548 e. The number of nitrogens with zero attached hydrogens (tertiary/aromatic N) is 1. The van der Waals surface area contributed by atoms with Crippen LogP contribution in [-0.4, -0.2) is 40.2 Å². The van der Waals surface area contributed by atoms with Crippen LogP contribution >= 0.6 is 24.0 Å². The van der Waals surface area contributed by atoms with Gasteiger partial charge in [0.05, 0.1) is 29.6 Å². The summed E-state index contributed by atoms with van der Waals surface area (Å²) < 4.78 is 11.2. The van der Waals surface area contributed by atoms with E-state index < -0.39 is 24.4 Å². The maximum Gasteiger partial charge on any atom is 0.343 e. The summed E-state index contributed by atoms with van der Waals surface area (Å²) in [5.41, 5.74) is 1.01. The monoisotopic (exact) mass is 442 g/mol. The number of amides is 1. The third kappa shape index (κ3) is 5.05. The summed E-state index contributed by atoms with van der Waals surface area (Å²) in [6.07, 6.45) is 1.57. The van der Waals surface area contributed by atoms with Crippen molar-refractivity contribution in [3.05, 3.63) is 64.6 Å². The van der Waals surface area contributed by atoms with E-state index in [1.807, 2.05) is 0 Å². The Morgan fingerprint density at radius 1 is 1.17 bits per heavy atom. The second-order valence-corrected chi connectivity index (χ2v) is 7.71. The minimum absolute atomic E-state index is 0.147. The summed E-state index contributed by atoms with van der Waals surface area (Å²) in [5.74, 6) is -1.84. The number of carbonyl (C=O) groups is 3. The summed E-state index contributed by atoms with van der Waals surface area (Å²) in [5, 5.41) is 10.8. The molecule has 0 radical (unpaired) electrons. The Morgan fingerprint density at radius 2 is 1.90 bits per heavy atom. The summed E-state index contributed by atoms with van der Waals surface area (Å²) in [6, 6.07) is 13.4. The highest BCUT2D eigenvalue weighted by Gasteiger charge is 2.32. The van der Waals surface area contributed by atoms with Crippen LogP contribution < -0.4 is 14.6 Å². The topological polar surface area (TPSA) is 96.0 Å². The fraction of sp³-hybridized carbons (Fsp3) is 0.143. The molecule has 0 unspecified atom stereocenters. The molecule has 0 aliphatic carbocycles. The molecule has 3 rings (SSSR count). The van der Waals surface area contributed by atoms with Gasteiger partial charge < -0.3 is 19.4 Å². The summed E-state index contributed by atoms with van der Waals surface area (Å²) >= 11 is 6.07.